The number of hydrogen-bond donors (Lipinski definition) is 0. The van der Waals surface area contributed by atoms with Crippen LogP contribution in [0.4, 0.5) is 0 Å². The summed E-state index contributed by atoms with van der Waals surface area (Å²) in [5, 5.41) is 15.6. The molecule has 1 heteroatoms. The summed E-state index contributed by atoms with van der Waals surface area (Å²) >= 11 is 0.203. The minimum atomic E-state index is 0.203. The first-order chi connectivity index (χ1) is 28.3. The summed E-state index contributed by atoms with van der Waals surface area (Å²) in [5.74, 6) is 0. The van der Waals surface area contributed by atoms with Crippen molar-refractivity contribution in [1.82, 2.24) is 0 Å². The fraction of sp³-hybridized carbons (Fsp3) is 0. The van der Waals surface area contributed by atoms with E-state index in [1.165, 1.54) is 118 Å². The van der Waals surface area contributed by atoms with Gasteiger partial charge < -0.3 is 0 Å². The van der Waals surface area contributed by atoms with E-state index in [0.29, 0.717) is 0 Å². The second-order valence-corrected chi connectivity index (χ2v) is 17.4. The van der Waals surface area contributed by atoms with Gasteiger partial charge in [0.2, 0.25) is 0 Å². The average Bonchev–Trinajstić information content (AvgIpc) is 3.64. The Labute approximate surface area is 336 Å². The zero-order valence-corrected chi connectivity index (χ0v) is 32.8. The first-order valence-corrected chi connectivity index (χ1v) is 21.4. The second kappa shape index (κ2) is 12.9. The quantitative estimate of drug-likeness (QED) is 0.123. The molecule has 12 rings (SSSR count). The summed E-state index contributed by atoms with van der Waals surface area (Å²) in [6, 6.07) is 76.9. The molecule has 0 aliphatic carbocycles. The minimum absolute atomic E-state index is 0.203. The standard InChI is InChI=1S/C56H34Se/c1-2-16-36(17-3-1)53-42-20-6-8-22-44(42)54(45-23-9-7-21-43(45)53)37-30-32-51-50(33-37)40-31-29-38(34-52(40)57-51)55-46-24-10-12-26-48(46)56(49-27-13-11-25-47(49)55)41-28-14-18-35-15-4-5-19-39(35)41/h1-34H. The van der Waals surface area contributed by atoms with Gasteiger partial charge >= 0.3 is 338 Å². The Kier molecular flexibility index (Phi) is 7.35. The summed E-state index contributed by atoms with van der Waals surface area (Å²) < 4.78 is 2.90. The molecule has 1 aromatic heterocycles. The van der Waals surface area contributed by atoms with E-state index in [2.05, 4.69) is 206 Å². The molecule has 0 amide bonds. The van der Waals surface area contributed by atoms with Crippen LogP contribution in [-0.4, -0.2) is 14.5 Å². The fourth-order valence-electron chi connectivity index (χ4n) is 9.62. The Bertz CT molecular complexity index is 3450. The third-order valence-corrected chi connectivity index (χ3v) is 14.4. The maximum absolute atomic E-state index is 2.50. The molecule has 0 spiro atoms. The van der Waals surface area contributed by atoms with Crippen molar-refractivity contribution in [3.05, 3.63) is 206 Å². The van der Waals surface area contributed by atoms with Crippen LogP contribution < -0.4 is 0 Å². The van der Waals surface area contributed by atoms with E-state index < -0.39 is 0 Å². The van der Waals surface area contributed by atoms with Crippen LogP contribution in [0.15, 0.2) is 206 Å². The van der Waals surface area contributed by atoms with Gasteiger partial charge in [-0.15, -0.1) is 0 Å². The van der Waals surface area contributed by atoms with Gasteiger partial charge in [0, 0.05) is 0 Å². The zero-order chi connectivity index (χ0) is 37.5. The van der Waals surface area contributed by atoms with Gasteiger partial charge in [0.25, 0.3) is 0 Å². The SMILES string of the molecule is c1ccc(-c2c3ccccc3c(-c3ccc4[se]c5cc(-c6c7ccccc7c(-c7cccc8ccccc78)c7ccccc67)ccc5c4c3)c3ccccc23)cc1. The molecule has 0 atom stereocenters. The van der Waals surface area contributed by atoms with E-state index in [1.807, 2.05) is 0 Å². The van der Waals surface area contributed by atoms with Gasteiger partial charge in [-0.3, -0.25) is 0 Å². The van der Waals surface area contributed by atoms with Gasteiger partial charge in [-0.25, -0.2) is 0 Å². The average molecular weight is 786 g/mol. The van der Waals surface area contributed by atoms with E-state index in [1.54, 1.807) is 0 Å². The Balaban J connectivity index is 1.07. The van der Waals surface area contributed by atoms with Gasteiger partial charge in [-0.2, -0.15) is 0 Å². The first-order valence-electron chi connectivity index (χ1n) is 19.7. The third-order valence-electron chi connectivity index (χ3n) is 12.0. The molecule has 0 fully saturated rings. The number of hydrogen-bond acceptors (Lipinski definition) is 0. The second-order valence-electron chi connectivity index (χ2n) is 15.1. The van der Waals surface area contributed by atoms with Crippen molar-refractivity contribution in [1.29, 1.82) is 0 Å². The Morgan fingerprint density at radius 3 is 1.25 bits per heavy atom. The molecular weight excluding hydrogens is 752 g/mol. The van der Waals surface area contributed by atoms with Crippen LogP contribution in [0, 0.1) is 0 Å². The summed E-state index contributed by atoms with van der Waals surface area (Å²) in [5.41, 5.74) is 10.3. The van der Waals surface area contributed by atoms with Crippen LogP contribution >= 0.6 is 0 Å². The van der Waals surface area contributed by atoms with E-state index in [0.717, 1.165) is 0 Å². The van der Waals surface area contributed by atoms with Crippen molar-refractivity contribution in [2.45, 2.75) is 0 Å². The van der Waals surface area contributed by atoms with E-state index >= 15 is 0 Å². The van der Waals surface area contributed by atoms with E-state index in [4.69, 9.17) is 0 Å². The zero-order valence-electron chi connectivity index (χ0n) is 31.0. The Morgan fingerprint density at radius 1 is 0.228 bits per heavy atom. The van der Waals surface area contributed by atoms with Crippen LogP contribution in [0.2, 0.25) is 0 Å². The molecule has 1 heterocycles. The molecule has 0 saturated heterocycles. The van der Waals surface area contributed by atoms with Crippen molar-refractivity contribution in [2.75, 3.05) is 0 Å². The van der Waals surface area contributed by atoms with Gasteiger partial charge in [-0.1, -0.05) is 0 Å². The van der Waals surface area contributed by atoms with Gasteiger partial charge in [-0.05, 0) is 0 Å². The van der Waals surface area contributed by atoms with Gasteiger partial charge in [0.05, 0.1) is 0 Å². The number of rotatable bonds is 4. The monoisotopic (exact) mass is 786 g/mol. The van der Waals surface area contributed by atoms with Crippen LogP contribution in [0.5, 0.6) is 0 Å². The molecule has 0 radical (unpaired) electrons. The number of benzene rings is 11. The van der Waals surface area contributed by atoms with Crippen molar-refractivity contribution < 1.29 is 0 Å². The molecule has 0 aliphatic heterocycles. The molecule has 57 heavy (non-hydrogen) atoms. The summed E-state index contributed by atoms with van der Waals surface area (Å²) in [7, 11) is 0. The van der Waals surface area contributed by atoms with Crippen LogP contribution in [0.1, 0.15) is 0 Å². The predicted molar refractivity (Wildman–Crippen MR) is 248 cm³/mol. The molecule has 0 nitrogen and oxygen atoms in total. The third kappa shape index (κ3) is 5.00. The molecule has 0 bridgehead atoms. The van der Waals surface area contributed by atoms with Crippen molar-refractivity contribution >= 4 is 87.7 Å². The van der Waals surface area contributed by atoms with Gasteiger partial charge in [0.1, 0.15) is 0 Å². The van der Waals surface area contributed by atoms with Crippen LogP contribution in [0.25, 0.3) is 118 Å². The molecule has 0 unspecified atom stereocenters. The molecule has 11 aromatic carbocycles. The summed E-state index contributed by atoms with van der Waals surface area (Å²) in [6.45, 7) is 0. The van der Waals surface area contributed by atoms with Crippen LogP contribution in [0.3, 0.4) is 0 Å². The molecule has 0 saturated carbocycles. The van der Waals surface area contributed by atoms with Crippen molar-refractivity contribution in [3.8, 4) is 44.5 Å². The van der Waals surface area contributed by atoms with Crippen molar-refractivity contribution in [2.24, 2.45) is 0 Å². The molecule has 12 aromatic rings. The van der Waals surface area contributed by atoms with E-state index in [-0.39, 0.29) is 14.5 Å². The summed E-state index contributed by atoms with van der Waals surface area (Å²) in [6.07, 6.45) is 0. The molecule has 0 aliphatic rings. The Hall–Kier alpha value is -6.76. The predicted octanol–water partition coefficient (Wildman–Crippen LogP) is 15.5. The topological polar surface area (TPSA) is 0 Å². The maximum atomic E-state index is 2.50. The first kappa shape index (κ1) is 32.5. The summed E-state index contributed by atoms with van der Waals surface area (Å²) in [4.78, 5) is 0. The van der Waals surface area contributed by atoms with Crippen LogP contribution in [-0.2, 0) is 0 Å². The molecule has 0 N–H and O–H groups in total. The normalized spacial score (nSPS) is 11.9. The number of fused-ring (bicyclic) bond motifs is 8. The molecule has 264 valence electrons. The fourth-order valence-corrected chi connectivity index (χ4v) is 12.0. The van der Waals surface area contributed by atoms with Gasteiger partial charge in [0.15, 0.2) is 0 Å². The van der Waals surface area contributed by atoms with Crippen molar-refractivity contribution in [3.63, 3.8) is 0 Å². The Morgan fingerprint density at radius 2 is 0.667 bits per heavy atom. The molecular formula is C56H34Se. The van der Waals surface area contributed by atoms with E-state index in [9.17, 15) is 0 Å².